The molecule has 2 heterocycles. The third-order valence-corrected chi connectivity index (χ3v) is 3.75. The Morgan fingerprint density at radius 2 is 2.22 bits per heavy atom. The lowest BCUT2D eigenvalue weighted by atomic mass is 10.2. The van der Waals surface area contributed by atoms with Crippen molar-refractivity contribution in [1.29, 1.82) is 0 Å². The molecule has 0 spiro atoms. The summed E-state index contributed by atoms with van der Waals surface area (Å²) in [7, 11) is 0. The lowest BCUT2D eigenvalue weighted by Crippen LogP contribution is -2.18. The van der Waals surface area contributed by atoms with Crippen LogP contribution in [0.4, 0.5) is 0 Å². The van der Waals surface area contributed by atoms with Gasteiger partial charge in [0, 0.05) is 24.2 Å². The number of carbonyl (C=O) groups is 1. The number of fused-ring (bicyclic) bond motifs is 1. The van der Waals surface area contributed by atoms with Crippen LogP contribution < -0.4 is 5.43 Å². The molecule has 0 aliphatic rings. The quantitative estimate of drug-likeness (QED) is 0.878. The zero-order valence-electron chi connectivity index (χ0n) is 9.84. The first-order valence-corrected chi connectivity index (χ1v) is 6.34. The van der Waals surface area contributed by atoms with Crippen molar-refractivity contribution in [2.45, 2.75) is 19.9 Å². The Morgan fingerprint density at radius 1 is 1.50 bits per heavy atom. The molecule has 96 valence electrons. The van der Waals surface area contributed by atoms with Gasteiger partial charge in [0.2, 0.25) is 5.43 Å². The topological polar surface area (TPSA) is 79.5 Å². The summed E-state index contributed by atoms with van der Waals surface area (Å²) in [4.78, 5) is 24.7. The molecule has 0 atom stereocenters. The maximum atomic E-state index is 12.0. The van der Waals surface area contributed by atoms with Crippen molar-refractivity contribution >= 4 is 27.5 Å². The molecule has 5 nitrogen and oxygen atoms in total. The maximum Gasteiger partial charge on any atom is 0.341 e. The van der Waals surface area contributed by atoms with Gasteiger partial charge in [-0.2, -0.15) is 0 Å². The molecule has 0 amide bonds. The summed E-state index contributed by atoms with van der Waals surface area (Å²) in [5, 5.41) is 18.3. The van der Waals surface area contributed by atoms with E-state index in [4.69, 9.17) is 10.2 Å². The number of hydrogen-bond donors (Lipinski definition) is 2. The van der Waals surface area contributed by atoms with Gasteiger partial charge in [0.05, 0.1) is 5.39 Å². The van der Waals surface area contributed by atoms with Crippen LogP contribution in [0.5, 0.6) is 0 Å². The highest BCUT2D eigenvalue weighted by Gasteiger charge is 2.15. The molecule has 0 aliphatic heterocycles. The first-order valence-electron chi connectivity index (χ1n) is 5.52. The Balaban J connectivity index is 2.71. The molecule has 0 unspecified atom stereocenters. The van der Waals surface area contributed by atoms with Crippen molar-refractivity contribution in [2.24, 2.45) is 0 Å². The molecular formula is C12H13NO4S. The monoisotopic (exact) mass is 267 g/mol. The van der Waals surface area contributed by atoms with E-state index in [1.54, 1.807) is 10.6 Å². The lowest BCUT2D eigenvalue weighted by molar-refractivity contribution is 0.0695. The van der Waals surface area contributed by atoms with Crippen molar-refractivity contribution < 1.29 is 15.0 Å². The van der Waals surface area contributed by atoms with E-state index in [1.807, 2.05) is 6.92 Å². The first-order chi connectivity index (χ1) is 8.54. The largest absolute Gasteiger partial charge is 0.477 e. The van der Waals surface area contributed by atoms with Crippen molar-refractivity contribution in [3.05, 3.63) is 32.9 Å². The number of pyridine rings is 1. The van der Waals surface area contributed by atoms with E-state index in [9.17, 15) is 9.59 Å². The molecule has 2 aromatic rings. The molecule has 0 bridgehead atoms. The minimum atomic E-state index is -1.22. The van der Waals surface area contributed by atoms with Gasteiger partial charge < -0.3 is 14.8 Å². The number of nitrogens with zero attached hydrogens (tertiary/aromatic N) is 1. The minimum absolute atomic E-state index is 0.0282. The Hall–Kier alpha value is -1.66. The molecule has 0 radical (unpaired) electrons. The average Bonchev–Trinajstić information content (AvgIpc) is 2.70. The second-order valence-electron chi connectivity index (χ2n) is 4.02. The second kappa shape index (κ2) is 4.91. The highest BCUT2D eigenvalue weighted by molar-refractivity contribution is 7.18. The van der Waals surface area contributed by atoms with Crippen molar-refractivity contribution in [2.75, 3.05) is 6.61 Å². The van der Waals surface area contributed by atoms with Gasteiger partial charge in [0.15, 0.2) is 0 Å². The fourth-order valence-corrected chi connectivity index (χ4v) is 2.86. The fraction of sp³-hybridized carbons (Fsp3) is 0.333. The van der Waals surface area contributed by atoms with E-state index in [0.29, 0.717) is 18.4 Å². The van der Waals surface area contributed by atoms with E-state index >= 15 is 0 Å². The molecule has 0 fully saturated rings. The third-order valence-electron chi connectivity index (χ3n) is 2.66. The highest BCUT2D eigenvalue weighted by atomic mass is 32.1. The number of carboxylic acids is 1. The summed E-state index contributed by atoms with van der Waals surface area (Å²) in [5.74, 6) is -1.22. The van der Waals surface area contributed by atoms with Gasteiger partial charge in [-0.3, -0.25) is 4.79 Å². The lowest BCUT2D eigenvalue weighted by Gasteiger charge is -2.08. The number of aryl methyl sites for hydroxylation is 2. The molecule has 0 aliphatic carbocycles. The Morgan fingerprint density at radius 3 is 2.83 bits per heavy atom. The van der Waals surface area contributed by atoms with Crippen molar-refractivity contribution in [3.8, 4) is 0 Å². The van der Waals surface area contributed by atoms with Gasteiger partial charge >= 0.3 is 5.97 Å². The standard InChI is InChI=1S/C12H13NO4S/c1-7-5-8-10(15)9(12(16)17)6-13(3-2-4-14)11(8)18-7/h5-6,14H,2-4H2,1H3,(H,16,17). The first kappa shape index (κ1) is 12.8. The molecule has 0 saturated heterocycles. The minimum Gasteiger partial charge on any atom is -0.477 e. The number of aliphatic hydroxyl groups is 1. The Kier molecular flexibility index (Phi) is 3.49. The summed E-state index contributed by atoms with van der Waals surface area (Å²) in [6.07, 6.45) is 1.88. The summed E-state index contributed by atoms with van der Waals surface area (Å²) in [5.41, 5.74) is -0.666. The molecule has 2 rings (SSSR count). The van der Waals surface area contributed by atoms with Crippen molar-refractivity contribution in [3.63, 3.8) is 0 Å². The normalized spacial score (nSPS) is 11.0. The highest BCUT2D eigenvalue weighted by Crippen LogP contribution is 2.23. The fourth-order valence-electron chi connectivity index (χ4n) is 1.86. The third kappa shape index (κ3) is 2.16. The van der Waals surface area contributed by atoms with Gasteiger partial charge in [-0.15, -0.1) is 11.3 Å². The van der Waals surface area contributed by atoms with Crippen LogP contribution in [0.25, 0.3) is 10.2 Å². The molecule has 0 aromatic carbocycles. The van der Waals surface area contributed by atoms with Crippen LogP contribution in [0.3, 0.4) is 0 Å². The van der Waals surface area contributed by atoms with E-state index < -0.39 is 11.4 Å². The van der Waals surface area contributed by atoms with E-state index in [2.05, 4.69) is 0 Å². The zero-order chi connectivity index (χ0) is 13.3. The van der Waals surface area contributed by atoms with Crippen LogP contribution in [0.2, 0.25) is 0 Å². The van der Waals surface area contributed by atoms with Gasteiger partial charge in [-0.05, 0) is 19.4 Å². The van der Waals surface area contributed by atoms with E-state index in [0.717, 1.165) is 9.71 Å². The number of rotatable bonds is 4. The SMILES string of the molecule is Cc1cc2c(=O)c(C(=O)O)cn(CCCO)c2s1. The van der Waals surface area contributed by atoms with Crippen LogP contribution in [0.1, 0.15) is 21.7 Å². The second-order valence-corrected chi connectivity index (χ2v) is 5.26. The number of aromatic nitrogens is 1. The number of carboxylic acid groups (broad SMARTS) is 1. The average molecular weight is 267 g/mol. The van der Waals surface area contributed by atoms with Crippen LogP contribution in [-0.4, -0.2) is 27.4 Å². The van der Waals surface area contributed by atoms with Crippen LogP contribution in [0.15, 0.2) is 17.1 Å². The molecular weight excluding hydrogens is 254 g/mol. The molecule has 0 saturated carbocycles. The summed E-state index contributed by atoms with van der Waals surface area (Å²) in [6, 6.07) is 1.71. The number of hydrogen-bond acceptors (Lipinski definition) is 4. The van der Waals surface area contributed by atoms with Gasteiger partial charge in [-0.1, -0.05) is 0 Å². The Labute approximate surface area is 107 Å². The van der Waals surface area contributed by atoms with Gasteiger partial charge in [0.25, 0.3) is 0 Å². The maximum absolute atomic E-state index is 12.0. The molecule has 18 heavy (non-hydrogen) atoms. The summed E-state index contributed by atoms with van der Waals surface area (Å²) >= 11 is 1.45. The molecule has 2 aromatic heterocycles. The van der Waals surface area contributed by atoms with E-state index in [1.165, 1.54) is 17.5 Å². The van der Waals surface area contributed by atoms with Crippen LogP contribution in [-0.2, 0) is 6.54 Å². The van der Waals surface area contributed by atoms with E-state index in [-0.39, 0.29) is 12.2 Å². The van der Waals surface area contributed by atoms with Gasteiger partial charge in [-0.25, -0.2) is 4.79 Å². The van der Waals surface area contributed by atoms with Crippen LogP contribution in [0, 0.1) is 6.92 Å². The smallest absolute Gasteiger partial charge is 0.341 e. The predicted octanol–water partition coefficient (Wildman–Crippen LogP) is 1.45. The predicted molar refractivity (Wildman–Crippen MR) is 69.5 cm³/mol. The number of aromatic carboxylic acids is 1. The summed E-state index contributed by atoms with van der Waals surface area (Å²) in [6.45, 7) is 2.40. The van der Waals surface area contributed by atoms with Crippen molar-refractivity contribution in [1.82, 2.24) is 4.57 Å². The summed E-state index contributed by atoms with van der Waals surface area (Å²) < 4.78 is 1.73. The Bertz CT molecular complexity index is 656. The number of thiophene rings is 1. The molecule has 2 N–H and O–H groups in total. The van der Waals surface area contributed by atoms with Crippen LogP contribution >= 0.6 is 11.3 Å². The van der Waals surface area contributed by atoms with Gasteiger partial charge in [0.1, 0.15) is 10.4 Å². The zero-order valence-corrected chi connectivity index (χ0v) is 10.7. The molecule has 6 heteroatoms. The number of aliphatic hydroxyl groups excluding tert-OH is 1.